The molecule has 3 rings (SSSR count). The van der Waals surface area contributed by atoms with Crippen molar-refractivity contribution in [1.29, 1.82) is 5.26 Å². The summed E-state index contributed by atoms with van der Waals surface area (Å²) in [7, 11) is 0. The van der Waals surface area contributed by atoms with Gasteiger partial charge < -0.3 is 10.3 Å². The monoisotopic (exact) mass is 410 g/mol. The van der Waals surface area contributed by atoms with Gasteiger partial charge in [-0.25, -0.2) is 4.98 Å². The molecule has 140 valence electrons. The van der Waals surface area contributed by atoms with Crippen molar-refractivity contribution in [2.75, 3.05) is 11.1 Å². The van der Waals surface area contributed by atoms with Crippen LogP contribution in [0.5, 0.6) is 0 Å². The van der Waals surface area contributed by atoms with Crippen LogP contribution in [0.4, 0.5) is 5.69 Å². The Kier molecular flexibility index (Phi) is 6.14. The van der Waals surface area contributed by atoms with Gasteiger partial charge in [0.05, 0.1) is 11.4 Å². The lowest BCUT2D eigenvalue weighted by Gasteiger charge is -2.09. The number of carbonyl (C=O) groups excluding carboxylic acids is 1. The van der Waals surface area contributed by atoms with Gasteiger partial charge in [0.15, 0.2) is 5.16 Å². The summed E-state index contributed by atoms with van der Waals surface area (Å²) in [5.41, 5.74) is 1.90. The quantitative estimate of drug-likeness (QED) is 0.489. The molecule has 0 saturated heterocycles. The Morgan fingerprint density at radius 1 is 1.25 bits per heavy atom. The second kappa shape index (κ2) is 8.74. The number of halogens is 1. The first-order valence-electron chi connectivity index (χ1n) is 8.26. The Bertz CT molecular complexity index is 1120. The molecule has 0 aliphatic rings. The third-order valence-electron chi connectivity index (χ3n) is 3.89. The van der Waals surface area contributed by atoms with Gasteiger partial charge in [-0.1, -0.05) is 53.7 Å². The molecule has 0 radical (unpaired) electrons. The van der Waals surface area contributed by atoms with Crippen LogP contribution in [0.1, 0.15) is 11.1 Å². The molecule has 0 spiro atoms. The van der Waals surface area contributed by atoms with Gasteiger partial charge in [-0.3, -0.25) is 9.59 Å². The van der Waals surface area contributed by atoms with Crippen molar-refractivity contribution in [2.45, 2.75) is 12.1 Å². The van der Waals surface area contributed by atoms with E-state index in [1.54, 1.807) is 24.3 Å². The van der Waals surface area contributed by atoms with E-state index in [1.807, 2.05) is 37.3 Å². The van der Waals surface area contributed by atoms with Crippen LogP contribution >= 0.6 is 23.4 Å². The largest absolute Gasteiger partial charge is 0.325 e. The highest BCUT2D eigenvalue weighted by molar-refractivity contribution is 7.99. The van der Waals surface area contributed by atoms with Crippen LogP contribution in [0.25, 0.3) is 11.3 Å². The molecule has 1 amide bonds. The number of hydrogen-bond donors (Lipinski definition) is 2. The molecule has 28 heavy (non-hydrogen) atoms. The summed E-state index contributed by atoms with van der Waals surface area (Å²) < 4.78 is 0. The maximum Gasteiger partial charge on any atom is 0.270 e. The Morgan fingerprint density at radius 3 is 2.64 bits per heavy atom. The second-order valence-corrected chi connectivity index (χ2v) is 7.27. The zero-order valence-electron chi connectivity index (χ0n) is 14.8. The first-order valence-corrected chi connectivity index (χ1v) is 9.63. The van der Waals surface area contributed by atoms with Gasteiger partial charge in [-0.05, 0) is 30.7 Å². The number of aromatic nitrogens is 2. The predicted molar refractivity (Wildman–Crippen MR) is 111 cm³/mol. The van der Waals surface area contributed by atoms with Crippen molar-refractivity contribution < 1.29 is 4.79 Å². The maximum atomic E-state index is 12.3. The van der Waals surface area contributed by atoms with Gasteiger partial charge in [0, 0.05) is 16.3 Å². The Labute approximate surface area is 170 Å². The van der Waals surface area contributed by atoms with Gasteiger partial charge in [0.2, 0.25) is 5.91 Å². The topological polar surface area (TPSA) is 98.6 Å². The van der Waals surface area contributed by atoms with Crippen LogP contribution in [0, 0.1) is 18.3 Å². The molecule has 0 bridgehead atoms. The van der Waals surface area contributed by atoms with E-state index in [-0.39, 0.29) is 28.1 Å². The number of hydrogen-bond acceptors (Lipinski definition) is 5. The van der Waals surface area contributed by atoms with Crippen molar-refractivity contribution in [2.24, 2.45) is 0 Å². The fraction of sp³-hybridized carbons (Fsp3) is 0.100. The minimum Gasteiger partial charge on any atom is -0.325 e. The Balaban J connectivity index is 1.80. The molecule has 2 aromatic carbocycles. The van der Waals surface area contributed by atoms with Crippen LogP contribution in [0.2, 0.25) is 5.02 Å². The highest BCUT2D eigenvalue weighted by Crippen LogP contribution is 2.24. The van der Waals surface area contributed by atoms with Crippen molar-refractivity contribution >= 4 is 35.0 Å². The number of H-pyrrole nitrogens is 1. The average Bonchev–Trinajstić information content (AvgIpc) is 2.68. The number of nitrogens with one attached hydrogen (secondary N) is 2. The van der Waals surface area contributed by atoms with Crippen molar-refractivity contribution in [1.82, 2.24) is 9.97 Å². The SMILES string of the molecule is Cc1ccccc1NC(=O)CSc1nc(-c2ccc(Cl)cc2)c(C#N)c(=O)[nH]1. The summed E-state index contributed by atoms with van der Waals surface area (Å²) in [4.78, 5) is 31.4. The molecule has 0 aliphatic carbocycles. The summed E-state index contributed by atoms with van der Waals surface area (Å²) >= 11 is 6.98. The maximum absolute atomic E-state index is 12.3. The van der Waals surface area contributed by atoms with Crippen molar-refractivity contribution in [3.8, 4) is 17.3 Å². The first kappa shape index (κ1) is 19.7. The number of nitrogens with zero attached hydrogens (tertiary/aromatic N) is 2. The van der Waals surface area contributed by atoms with Crippen LogP contribution in [0.3, 0.4) is 0 Å². The normalized spacial score (nSPS) is 10.3. The summed E-state index contributed by atoms with van der Waals surface area (Å²) in [5, 5.41) is 12.9. The van der Waals surface area contributed by atoms with Crippen LogP contribution < -0.4 is 10.9 Å². The number of carbonyl (C=O) groups is 1. The molecular formula is C20H15ClN4O2S. The van der Waals surface area contributed by atoms with Gasteiger partial charge in [0.25, 0.3) is 5.56 Å². The van der Waals surface area contributed by atoms with Crippen LogP contribution in [-0.4, -0.2) is 21.6 Å². The number of nitriles is 1. The zero-order chi connectivity index (χ0) is 20.1. The second-order valence-electron chi connectivity index (χ2n) is 5.87. The fourth-order valence-electron chi connectivity index (χ4n) is 2.47. The number of para-hydroxylation sites is 1. The zero-order valence-corrected chi connectivity index (χ0v) is 16.4. The van der Waals surface area contributed by atoms with E-state index in [4.69, 9.17) is 11.6 Å². The lowest BCUT2D eigenvalue weighted by atomic mass is 10.1. The molecule has 3 aromatic rings. The number of aryl methyl sites for hydroxylation is 1. The lowest BCUT2D eigenvalue weighted by Crippen LogP contribution is -2.17. The third-order valence-corrected chi connectivity index (χ3v) is 5.01. The van der Waals surface area contributed by atoms with E-state index in [0.717, 1.165) is 23.0 Å². The number of anilines is 1. The van der Waals surface area contributed by atoms with Gasteiger partial charge in [-0.15, -0.1) is 0 Å². The molecular weight excluding hydrogens is 396 g/mol. The van der Waals surface area contributed by atoms with Gasteiger partial charge in [-0.2, -0.15) is 5.26 Å². The summed E-state index contributed by atoms with van der Waals surface area (Å²) in [5.74, 6) is -0.164. The highest BCUT2D eigenvalue weighted by Gasteiger charge is 2.15. The minimum atomic E-state index is -0.552. The van der Waals surface area contributed by atoms with Crippen LogP contribution in [-0.2, 0) is 4.79 Å². The molecule has 0 fully saturated rings. The summed E-state index contributed by atoms with van der Waals surface area (Å²) in [6.45, 7) is 1.90. The Morgan fingerprint density at radius 2 is 1.96 bits per heavy atom. The van der Waals surface area contributed by atoms with Gasteiger partial charge >= 0.3 is 0 Å². The number of benzene rings is 2. The molecule has 2 N–H and O–H groups in total. The standard InChI is InChI=1S/C20H15ClN4O2S/c1-12-4-2-3-5-16(12)23-17(26)11-28-20-24-18(15(10-22)19(27)25-20)13-6-8-14(21)9-7-13/h2-9H,11H2,1H3,(H,23,26)(H,24,25,27). The highest BCUT2D eigenvalue weighted by atomic mass is 35.5. The van der Waals surface area contributed by atoms with E-state index in [2.05, 4.69) is 15.3 Å². The first-order chi connectivity index (χ1) is 13.5. The van der Waals surface area contributed by atoms with Crippen molar-refractivity contribution in [3.63, 3.8) is 0 Å². The molecule has 0 unspecified atom stereocenters. The van der Waals surface area contributed by atoms with Gasteiger partial charge in [0.1, 0.15) is 11.6 Å². The summed E-state index contributed by atoms with van der Waals surface area (Å²) in [6, 6.07) is 16.0. The van der Waals surface area contributed by atoms with E-state index in [1.165, 1.54) is 0 Å². The number of rotatable bonds is 5. The lowest BCUT2D eigenvalue weighted by molar-refractivity contribution is -0.113. The molecule has 6 nitrogen and oxygen atoms in total. The molecule has 1 heterocycles. The Hall–Kier alpha value is -3.08. The van der Waals surface area contributed by atoms with E-state index in [9.17, 15) is 14.9 Å². The smallest absolute Gasteiger partial charge is 0.270 e. The molecule has 1 aromatic heterocycles. The predicted octanol–water partition coefficient (Wildman–Crippen LogP) is 4.00. The fourth-order valence-corrected chi connectivity index (χ4v) is 3.26. The van der Waals surface area contributed by atoms with E-state index in [0.29, 0.717) is 10.6 Å². The van der Waals surface area contributed by atoms with Crippen molar-refractivity contribution in [3.05, 3.63) is 75.0 Å². The van der Waals surface area contributed by atoms with E-state index >= 15 is 0 Å². The molecule has 0 aliphatic heterocycles. The molecule has 0 atom stereocenters. The number of aromatic amines is 1. The summed E-state index contributed by atoms with van der Waals surface area (Å²) in [6.07, 6.45) is 0. The molecule has 8 heteroatoms. The molecule has 0 saturated carbocycles. The van der Waals surface area contributed by atoms with E-state index < -0.39 is 5.56 Å². The number of thioether (sulfide) groups is 1. The average molecular weight is 411 g/mol. The van der Waals surface area contributed by atoms with Crippen LogP contribution in [0.15, 0.2) is 58.5 Å². The number of amides is 1. The third kappa shape index (κ3) is 4.60. The minimum absolute atomic E-state index is 0.0588.